The molecule has 6 N–H and O–H groups in total. The summed E-state index contributed by atoms with van der Waals surface area (Å²) in [6.45, 7) is 1.02. The Bertz CT molecular complexity index is 1460. The number of rotatable bonds is 8. The van der Waals surface area contributed by atoms with Crippen molar-refractivity contribution in [2.45, 2.75) is 68.3 Å². The number of methoxy groups -OCH3 is 2. The van der Waals surface area contributed by atoms with Gasteiger partial charge in [-0.1, -0.05) is 12.1 Å². The maximum absolute atomic E-state index is 13.3. The second kappa shape index (κ2) is 12.7. The lowest BCUT2D eigenvalue weighted by Gasteiger charge is -2.42. The zero-order chi connectivity index (χ0) is 31.0. The van der Waals surface area contributed by atoms with Gasteiger partial charge in [-0.25, -0.2) is 0 Å². The molecule has 14 nitrogen and oxygen atoms in total. The van der Waals surface area contributed by atoms with Crippen LogP contribution in [0, 0.1) is 0 Å². The van der Waals surface area contributed by atoms with Crippen molar-refractivity contribution in [1.82, 2.24) is 0 Å². The Morgan fingerprint density at radius 3 is 2.12 bits per heavy atom. The molecule has 0 spiro atoms. The molecule has 3 heterocycles. The average molecular weight is 607 g/mol. The molecule has 0 unspecified atom stereocenters. The van der Waals surface area contributed by atoms with E-state index in [1.54, 1.807) is 24.3 Å². The van der Waals surface area contributed by atoms with Gasteiger partial charge in [0.05, 0.1) is 37.9 Å². The Morgan fingerprint density at radius 2 is 1.44 bits per heavy atom. The molecule has 43 heavy (non-hydrogen) atoms. The number of aliphatic hydroxyl groups excluding tert-OH is 6. The van der Waals surface area contributed by atoms with E-state index in [4.69, 9.17) is 32.8 Å². The van der Waals surface area contributed by atoms with Gasteiger partial charge < -0.3 is 63.5 Å². The molecule has 2 saturated heterocycles. The minimum Gasteiger partial charge on any atom is -0.497 e. The third-order valence-corrected chi connectivity index (χ3v) is 7.60. The van der Waals surface area contributed by atoms with Crippen LogP contribution in [-0.2, 0) is 14.2 Å². The van der Waals surface area contributed by atoms with Gasteiger partial charge >= 0.3 is 0 Å². The van der Waals surface area contributed by atoms with Crippen LogP contribution in [0.1, 0.15) is 6.92 Å². The third kappa shape index (κ3) is 6.06. The van der Waals surface area contributed by atoms with Gasteiger partial charge in [0, 0.05) is 6.07 Å². The summed E-state index contributed by atoms with van der Waals surface area (Å²) in [7, 11) is 2.88. The average Bonchev–Trinajstić information content (AvgIpc) is 3.02. The number of hydrogen-bond donors (Lipinski definition) is 6. The molecule has 1 aromatic heterocycles. The van der Waals surface area contributed by atoms with Crippen LogP contribution in [0.5, 0.6) is 17.2 Å². The predicted molar refractivity (Wildman–Crippen MR) is 147 cm³/mol. The van der Waals surface area contributed by atoms with Gasteiger partial charge in [0.25, 0.3) is 0 Å². The number of ether oxygens (including phenoxy) is 6. The fraction of sp³-hybridized carbons (Fsp3) is 0.483. The maximum atomic E-state index is 13.3. The zero-order valence-corrected chi connectivity index (χ0v) is 23.5. The normalized spacial score (nSPS) is 32.9. The Kier molecular flexibility index (Phi) is 9.22. The van der Waals surface area contributed by atoms with Crippen molar-refractivity contribution in [2.75, 3.05) is 20.8 Å². The highest BCUT2D eigenvalue weighted by Crippen LogP contribution is 2.35. The first-order valence-corrected chi connectivity index (χ1v) is 13.5. The number of benzene rings is 2. The minimum absolute atomic E-state index is 0.000346. The smallest absolute Gasteiger partial charge is 0.229 e. The number of hydrogen-bond acceptors (Lipinski definition) is 14. The van der Waals surface area contributed by atoms with Crippen molar-refractivity contribution in [3.63, 3.8) is 0 Å². The van der Waals surface area contributed by atoms with E-state index in [1.165, 1.54) is 39.5 Å². The Balaban J connectivity index is 1.35. The standard InChI is InChI=1S/C29H34O14/c1-12-21(30)24(33)26(35)28(41-12)40-11-20-23(32)25(34)27(36)29(43-20)42-19-9-17-15(8-18(19)38-3)22(31)16(10-39-17)13-4-6-14(37-2)7-5-13/h4-10,12,20-21,23-30,32-36H,11H2,1-3H3/t12-,20-,21-,23+,24+,25+,26-,27-,28+,29-/m1/s1. The van der Waals surface area contributed by atoms with Crippen molar-refractivity contribution in [3.05, 3.63) is 52.9 Å². The molecular formula is C29H34O14. The minimum atomic E-state index is -1.73. The van der Waals surface area contributed by atoms with Crippen LogP contribution in [0.2, 0.25) is 0 Å². The van der Waals surface area contributed by atoms with Gasteiger partial charge in [-0.2, -0.15) is 0 Å². The monoisotopic (exact) mass is 606 g/mol. The van der Waals surface area contributed by atoms with E-state index in [-0.39, 0.29) is 27.9 Å². The van der Waals surface area contributed by atoms with Crippen molar-refractivity contribution < 1.29 is 63.5 Å². The first-order chi connectivity index (χ1) is 20.5. The van der Waals surface area contributed by atoms with Crippen LogP contribution >= 0.6 is 0 Å². The molecular weight excluding hydrogens is 572 g/mol. The van der Waals surface area contributed by atoms with Gasteiger partial charge in [0.1, 0.15) is 60.3 Å². The lowest BCUT2D eigenvalue weighted by molar-refractivity contribution is -0.318. The van der Waals surface area contributed by atoms with Crippen LogP contribution in [-0.4, -0.2) is 113 Å². The summed E-state index contributed by atoms with van der Waals surface area (Å²) in [4.78, 5) is 13.3. The highest BCUT2D eigenvalue weighted by atomic mass is 16.7. The summed E-state index contributed by atoms with van der Waals surface area (Å²) in [6, 6.07) is 9.66. The van der Waals surface area contributed by atoms with Gasteiger partial charge in [-0.3, -0.25) is 4.79 Å². The number of fused-ring (bicyclic) bond motifs is 1. The van der Waals surface area contributed by atoms with Crippen LogP contribution in [0.15, 0.2) is 51.9 Å². The summed E-state index contributed by atoms with van der Waals surface area (Å²) in [5.41, 5.74) is 0.726. The van der Waals surface area contributed by atoms with E-state index in [0.29, 0.717) is 16.9 Å². The van der Waals surface area contributed by atoms with Crippen molar-refractivity contribution >= 4 is 11.0 Å². The highest BCUT2D eigenvalue weighted by molar-refractivity contribution is 5.84. The largest absolute Gasteiger partial charge is 0.497 e. The fourth-order valence-electron chi connectivity index (χ4n) is 4.98. The van der Waals surface area contributed by atoms with Crippen LogP contribution in [0.3, 0.4) is 0 Å². The van der Waals surface area contributed by atoms with E-state index in [1.807, 2.05) is 0 Å². The van der Waals surface area contributed by atoms with E-state index >= 15 is 0 Å². The second-order valence-corrected chi connectivity index (χ2v) is 10.4. The molecule has 5 rings (SSSR count). The maximum Gasteiger partial charge on any atom is 0.229 e. The van der Waals surface area contributed by atoms with E-state index in [2.05, 4.69) is 0 Å². The zero-order valence-electron chi connectivity index (χ0n) is 23.5. The predicted octanol–water partition coefficient (Wildman–Crippen LogP) is -0.492. The molecule has 0 bridgehead atoms. The van der Waals surface area contributed by atoms with Gasteiger partial charge in [-0.15, -0.1) is 0 Å². The molecule has 234 valence electrons. The summed E-state index contributed by atoms with van der Waals surface area (Å²) in [5, 5.41) is 61.9. The molecule has 3 aromatic rings. The molecule has 0 amide bonds. The lowest BCUT2D eigenvalue weighted by atomic mass is 9.98. The van der Waals surface area contributed by atoms with Crippen LogP contribution in [0.4, 0.5) is 0 Å². The van der Waals surface area contributed by atoms with Crippen LogP contribution in [0.25, 0.3) is 22.1 Å². The molecule has 0 aliphatic carbocycles. The van der Waals surface area contributed by atoms with Crippen molar-refractivity contribution in [1.29, 1.82) is 0 Å². The first kappa shape index (κ1) is 31.1. The Labute approximate surface area is 245 Å². The molecule has 14 heteroatoms. The second-order valence-electron chi connectivity index (χ2n) is 10.4. The Hall–Kier alpha value is -3.31. The van der Waals surface area contributed by atoms with Gasteiger partial charge in [0.15, 0.2) is 17.8 Å². The summed E-state index contributed by atoms with van der Waals surface area (Å²) < 4.78 is 38.7. The lowest BCUT2D eigenvalue weighted by Crippen LogP contribution is -2.61. The van der Waals surface area contributed by atoms with E-state index in [9.17, 15) is 35.4 Å². The van der Waals surface area contributed by atoms with Gasteiger partial charge in [0.2, 0.25) is 11.7 Å². The molecule has 0 radical (unpaired) electrons. The molecule has 0 saturated carbocycles. The topological polar surface area (TPSA) is 207 Å². The van der Waals surface area contributed by atoms with Crippen LogP contribution < -0.4 is 19.6 Å². The summed E-state index contributed by atoms with van der Waals surface area (Å²) in [5.74, 6) is 0.722. The third-order valence-electron chi connectivity index (χ3n) is 7.60. The summed E-state index contributed by atoms with van der Waals surface area (Å²) >= 11 is 0. The SMILES string of the molecule is COc1ccc(-c2coc3cc(O[C@@H]4O[C@H](CO[C@H]5O[C@H](C)[C@@H](O)[C@H](O)[C@H]5O)[C@H](O)[C@H](O)[C@H]4O)c(OC)cc3c2=O)cc1. The molecule has 2 aliphatic rings. The molecule has 2 aromatic carbocycles. The quantitative estimate of drug-likeness (QED) is 0.191. The fourth-order valence-corrected chi connectivity index (χ4v) is 4.98. The highest BCUT2D eigenvalue weighted by Gasteiger charge is 2.47. The van der Waals surface area contributed by atoms with Gasteiger partial charge in [-0.05, 0) is 30.7 Å². The first-order valence-electron chi connectivity index (χ1n) is 13.5. The van der Waals surface area contributed by atoms with Crippen molar-refractivity contribution in [3.8, 4) is 28.4 Å². The summed E-state index contributed by atoms with van der Waals surface area (Å²) in [6.07, 6.45) is -13.3. The molecule has 2 aliphatic heterocycles. The van der Waals surface area contributed by atoms with Crippen molar-refractivity contribution in [2.24, 2.45) is 0 Å². The van der Waals surface area contributed by atoms with E-state index < -0.39 is 68.0 Å². The number of aliphatic hydroxyl groups is 6. The van der Waals surface area contributed by atoms with E-state index in [0.717, 1.165) is 0 Å². The Morgan fingerprint density at radius 1 is 0.767 bits per heavy atom. The molecule has 2 fully saturated rings. The molecule has 10 atom stereocenters.